The summed E-state index contributed by atoms with van der Waals surface area (Å²) in [5, 5.41) is 1.34. The van der Waals surface area contributed by atoms with Crippen molar-refractivity contribution in [3.05, 3.63) is 50.6 Å². The molecule has 0 atom stereocenters. The lowest BCUT2D eigenvalue weighted by Gasteiger charge is -2.09. The standard InChI is InChI=1S/C19H18N2O3S2/c1-21-18(23)16-12-7-5-9-15(12)26-17(16)20-19(21)25-10-13(22)11-6-3-4-8-14(11)24-2/h3-4,6,8H,5,7,9-10H2,1-2H3. The lowest BCUT2D eigenvalue weighted by Crippen LogP contribution is -2.20. The molecule has 134 valence electrons. The topological polar surface area (TPSA) is 61.2 Å². The maximum atomic E-state index is 12.8. The number of hydrogen-bond acceptors (Lipinski definition) is 6. The first kappa shape index (κ1) is 17.3. The summed E-state index contributed by atoms with van der Waals surface area (Å²) in [5.41, 5.74) is 1.71. The average molecular weight is 386 g/mol. The summed E-state index contributed by atoms with van der Waals surface area (Å²) in [6, 6.07) is 7.16. The second-order valence-corrected chi connectivity index (χ2v) is 8.23. The molecule has 1 aromatic carbocycles. The highest BCUT2D eigenvalue weighted by Gasteiger charge is 2.23. The van der Waals surface area contributed by atoms with E-state index in [1.54, 1.807) is 42.2 Å². The zero-order valence-electron chi connectivity index (χ0n) is 14.6. The first-order valence-electron chi connectivity index (χ1n) is 8.40. The number of carbonyl (C=O) groups excluding carboxylic acids is 1. The van der Waals surface area contributed by atoms with Crippen LogP contribution in [0.15, 0.2) is 34.2 Å². The number of methoxy groups -OCH3 is 1. The minimum Gasteiger partial charge on any atom is -0.496 e. The molecule has 0 saturated carbocycles. The fourth-order valence-corrected chi connectivity index (χ4v) is 5.48. The van der Waals surface area contributed by atoms with Crippen LogP contribution >= 0.6 is 23.1 Å². The van der Waals surface area contributed by atoms with Gasteiger partial charge in [0.25, 0.3) is 5.56 Å². The molecule has 0 saturated heterocycles. The van der Waals surface area contributed by atoms with Gasteiger partial charge < -0.3 is 4.74 Å². The number of Topliss-reactive ketones (excluding diaryl/α,β-unsaturated/α-hetero) is 1. The number of carbonyl (C=O) groups is 1. The summed E-state index contributed by atoms with van der Waals surface area (Å²) < 4.78 is 6.82. The molecule has 0 fully saturated rings. The third kappa shape index (κ3) is 2.85. The predicted octanol–water partition coefficient (Wildman–Crippen LogP) is 3.47. The Morgan fingerprint density at radius 2 is 2.15 bits per heavy atom. The Bertz CT molecular complexity index is 1070. The van der Waals surface area contributed by atoms with Gasteiger partial charge in [-0.05, 0) is 37.0 Å². The summed E-state index contributed by atoms with van der Waals surface area (Å²) in [6.45, 7) is 0. The number of fused-ring (bicyclic) bond motifs is 3. The molecule has 0 amide bonds. The molecular formula is C19H18N2O3S2. The van der Waals surface area contributed by atoms with Crippen LogP contribution in [0.25, 0.3) is 10.2 Å². The van der Waals surface area contributed by atoms with Gasteiger partial charge >= 0.3 is 0 Å². The molecular weight excluding hydrogens is 368 g/mol. The lowest BCUT2D eigenvalue weighted by molar-refractivity contribution is 0.101. The van der Waals surface area contributed by atoms with Gasteiger partial charge in [0, 0.05) is 11.9 Å². The van der Waals surface area contributed by atoms with Gasteiger partial charge in [0.15, 0.2) is 10.9 Å². The number of rotatable bonds is 5. The van der Waals surface area contributed by atoms with Gasteiger partial charge in [-0.25, -0.2) is 4.98 Å². The van der Waals surface area contributed by atoms with Crippen LogP contribution in [0.3, 0.4) is 0 Å². The predicted molar refractivity (Wildman–Crippen MR) is 105 cm³/mol. The number of thiophene rings is 1. The Hall–Kier alpha value is -2.12. The van der Waals surface area contributed by atoms with Crippen molar-refractivity contribution in [2.45, 2.75) is 24.4 Å². The Morgan fingerprint density at radius 3 is 2.96 bits per heavy atom. The first-order valence-corrected chi connectivity index (χ1v) is 10.2. The van der Waals surface area contributed by atoms with Gasteiger partial charge in [0.2, 0.25) is 0 Å². The molecule has 5 nitrogen and oxygen atoms in total. The third-order valence-electron chi connectivity index (χ3n) is 4.65. The van der Waals surface area contributed by atoms with Crippen LogP contribution in [0.1, 0.15) is 27.2 Å². The largest absolute Gasteiger partial charge is 0.496 e. The van der Waals surface area contributed by atoms with Crippen molar-refractivity contribution in [2.24, 2.45) is 7.05 Å². The number of para-hydroxylation sites is 1. The molecule has 2 aromatic heterocycles. The van der Waals surface area contributed by atoms with E-state index in [9.17, 15) is 9.59 Å². The molecule has 0 spiro atoms. The van der Waals surface area contributed by atoms with Gasteiger partial charge in [0.1, 0.15) is 10.6 Å². The fourth-order valence-electron chi connectivity index (χ4n) is 3.32. The summed E-state index contributed by atoms with van der Waals surface area (Å²) in [5.74, 6) is 0.720. The fraction of sp³-hybridized carbons (Fsp3) is 0.316. The molecule has 0 N–H and O–H groups in total. The monoisotopic (exact) mass is 386 g/mol. The number of ketones is 1. The molecule has 2 heterocycles. The third-order valence-corrected chi connectivity index (χ3v) is 6.86. The average Bonchev–Trinajstić information content (AvgIpc) is 3.23. The molecule has 3 aromatic rings. The summed E-state index contributed by atoms with van der Waals surface area (Å²) >= 11 is 2.91. The van der Waals surface area contributed by atoms with Crippen molar-refractivity contribution in [3.8, 4) is 5.75 Å². The van der Waals surface area contributed by atoms with E-state index in [1.807, 2.05) is 12.1 Å². The highest BCUT2D eigenvalue weighted by Crippen LogP contribution is 2.35. The van der Waals surface area contributed by atoms with E-state index in [0.717, 1.165) is 29.5 Å². The zero-order valence-corrected chi connectivity index (χ0v) is 16.2. The number of benzene rings is 1. The van der Waals surface area contributed by atoms with Crippen LogP contribution in [0.4, 0.5) is 0 Å². The van der Waals surface area contributed by atoms with Crippen LogP contribution in [0, 0.1) is 0 Å². The molecule has 0 aliphatic heterocycles. The van der Waals surface area contributed by atoms with Crippen molar-refractivity contribution in [1.82, 2.24) is 9.55 Å². The van der Waals surface area contributed by atoms with Gasteiger partial charge in [-0.1, -0.05) is 23.9 Å². The Kier molecular flexibility index (Phi) is 4.58. The number of aromatic nitrogens is 2. The highest BCUT2D eigenvalue weighted by atomic mass is 32.2. The molecule has 4 rings (SSSR count). The van der Waals surface area contributed by atoms with Crippen LogP contribution < -0.4 is 10.3 Å². The van der Waals surface area contributed by atoms with E-state index in [0.29, 0.717) is 16.5 Å². The second kappa shape index (κ2) is 6.89. The number of ether oxygens (including phenoxy) is 1. The highest BCUT2D eigenvalue weighted by molar-refractivity contribution is 7.99. The molecule has 0 radical (unpaired) electrons. The van der Waals surface area contributed by atoms with Crippen molar-refractivity contribution >= 4 is 39.1 Å². The van der Waals surface area contributed by atoms with Crippen LogP contribution in [-0.2, 0) is 19.9 Å². The van der Waals surface area contributed by atoms with Crippen molar-refractivity contribution in [1.29, 1.82) is 0 Å². The minimum atomic E-state index is -0.0459. The second-order valence-electron chi connectivity index (χ2n) is 6.21. The zero-order chi connectivity index (χ0) is 18.3. The van der Waals surface area contributed by atoms with Crippen LogP contribution in [0.5, 0.6) is 5.75 Å². The Morgan fingerprint density at radius 1 is 1.35 bits per heavy atom. The number of aryl methyl sites for hydroxylation is 2. The first-order chi connectivity index (χ1) is 12.6. The maximum absolute atomic E-state index is 12.8. The normalized spacial score (nSPS) is 13.2. The Labute approximate surface area is 159 Å². The van der Waals surface area contributed by atoms with E-state index in [4.69, 9.17) is 4.74 Å². The summed E-state index contributed by atoms with van der Waals surface area (Å²) in [7, 11) is 3.28. The van der Waals surface area contributed by atoms with Crippen molar-refractivity contribution < 1.29 is 9.53 Å². The lowest BCUT2D eigenvalue weighted by atomic mass is 10.1. The van der Waals surface area contributed by atoms with E-state index in [1.165, 1.54) is 22.2 Å². The minimum absolute atomic E-state index is 0.0124. The number of hydrogen-bond donors (Lipinski definition) is 0. The van der Waals surface area contributed by atoms with Crippen LogP contribution in [0.2, 0.25) is 0 Å². The van der Waals surface area contributed by atoms with Gasteiger partial charge in [0.05, 0.1) is 23.8 Å². The van der Waals surface area contributed by atoms with Crippen molar-refractivity contribution in [2.75, 3.05) is 12.9 Å². The van der Waals surface area contributed by atoms with E-state index in [-0.39, 0.29) is 17.1 Å². The molecule has 0 bridgehead atoms. The molecule has 26 heavy (non-hydrogen) atoms. The molecule has 1 aliphatic rings. The smallest absolute Gasteiger partial charge is 0.262 e. The van der Waals surface area contributed by atoms with E-state index in [2.05, 4.69) is 4.98 Å². The summed E-state index contributed by atoms with van der Waals surface area (Å²) in [4.78, 5) is 32.1. The molecule has 1 aliphatic carbocycles. The Balaban J connectivity index is 1.63. The maximum Gasteiger partial charge on any atom is 0.262 e. The van der Waals surface area contributed by atoms with Gasteiger partial charge in [-0.15, -0.1) is 11.3 Å². The van der Waals surface area contributed by atoms with Crippen molar-refractivity contribution in [3.63, 3.8) is 0 Å². The SMILES string of the molecule is COc1ccccc1C(=O)CSc1nc2sc3c(c2c(=O)n1C)CCC3. The van der Waals surface area contributed by atoms with Gasteiger partial charge in [-0.3, -0.25) is 14.2 Å². The van der Waals surface area contributed by atoms with Crippen LogP contribution in [-0.4, -0.2) is 28.2 Å². The molecule has 7 heteroatoms. The number of thioether (sulfide) groups is 1. The quantitative estimate of drug-likeness (QED) is 0.382. The van der Waals surface area contributed by atoms with E-state index >= 15 is 0 Å². The molecule has 0 unspecified atom stereocenters. The van der Waals surface area contributed by atoms with Gasteiger partial charge in [-0.2, -0.15) is 0 Å². The number of nitrogens with zero attached hydrogens (tertiary/aromatic N) is 2. The van der Waals surface area contributed by atoms with E-state index < -0.39 is 0 Å². The summed E-state index contributed by atoms with van der Waals surface area (Å²) in [6.07, 6.45) is 3.11.